The first kappa shape index (κ1) is 11.8. The fourth-order valence-electron chi connectivity index (χ4n) is 1.31. The molecule has 1 aliphatic rings. The Hall–Kier alpha value is 0.720. The van der Waals surface area contributed by atoms with Gasteiger partial charge in [-0.25, -0.2) is 0 Å². The minimum Gasteiger partial charge on any atom is -0.287 e. The minimum atomic E-state index is 0.341. The first-order valence-electron chi connectivity index (χ1n) is 4.68. The molecule has 0 radical (unpaired) electrons. The van der Waals surface area contributed by atoms with Gasteiger partial charge in [0.05, 0.1) is 0 Å². The van der Waals surface area contributed by atoms with Gasteiger partial charge in [0, 0.05) is 17.4 Å². The molecular weight excluding hydrogens is 220 g/mol. The normalized spacial score (nSPS) is 22.1. The summed E-state index contributed by atoms with van der Waals surface area (Å²) in [6.07, 6.45) is 7.62. The maximum atomic E-state index is 11.0. The molecule has 0 aromatic carbocycles. The summed E-state index contributed by atoms with van der Waals surface area (Å²) in [5.74, 6) is 1.32. The van der Waals surface area contributed by atoms with Gasteiger partial charge in [-0.1, -0.05) is 39.8 Å². The van der Waals surface area contributed by atoms with Crippen LogP contribution in [0.15, 0.2) is 0 Å². The van der Waals surface area contributed by atoms with Crippen molar-refractivity contribution in [3.63, 3.8) is 0 Å². The Bertz CT molecular complexity index is 155. The van der Waals surface area contributed by atoms with Crippen molar-refractivity contribution in [1.82, 2.24) is 0 Å². The molecule has 13 heavy (non-hydrogen) atoms. The molecule has 1 nitrogen and oxygen atoms in total. The van der Waals surface area contributed by atoms with E-state index in [1.54, 1.807) is 0 Å². The van der Waals surface area contributed by atoms with Gasteiger partial charge in [0.2, 0.25) is 0 Å². The van der Waals surface area contributed by atoms with Crippen molar-refractivity contribution in [3.05, 3.63) is 0 Å². The minimum absolute atomic E-state index is 0.341. The van der Waals surface area contributed by atoms with Gasteiger partial charge in [0.25, 0.3) is 0 Å². The van der Waals surface area contributed by atoms with Gasteiger partial charge < -0.3 is 0 Å². The highest BCUT2D eigenvalue weighted by Gasteiger charge is 2.15. The van der Waals surface area contributed by atoms with E-state index in [4.69, 9.17) is 0 Å². The number of carbonyl (C=O) groups excluding carboxylic acids is 1. The third-order valence-corrected chi connectivity index (χ3v) is 5.78. The van der Waals surface area contributed by atoms with E-state index in [0.29, 0.717) is 5.12 Å². The lowest BCUT2D eigenvalue weighted by Crippen LogP contribution is -1.98. The van der Waals surface area contributed by atoms with Gasteiger partial charge in [-0.05, 0) is 25.5 Å². The molecule has 0 aromatic heterocycles. The monoisotopic (exact) mass is 236 g/mol. The predicted molar refractivity (Wildman–Crippen MR) is 65.4 cm³/mol. The molecule has 1 fully saturated rings. The maximum absolute atomic E-state index is 11.0. The standard InChI is InChI=1S/C9H16OS3/c1-11-9(10)5-3-2-4-8-6-7-12-13-8/h8H,2-7H2,1H3. The van der Waals surface area contributed by atoms with Crippen LogP contribution >= 0.6 is 33.3 Å². The van der Waals surface area contributed by atoms with E-state index < -0.39 is 0 Å². The lowest BCUT2D eigenvalue weighted by atomic mass is 10.1. The summed E-state index contributed by atoms with van der Waals surface area (Å²) in [6, 6.07) is 0. The fourth-order valence-corrected chi connectivity index (χ4v) is 4.68. The first-order valence-corrected chi connectivity index (χ1v) is 8.28. The van der Waals surface area contributed by atoms with Gasteiger partial charge in [-0.3, -0.25) is 4.79 Å². The summed E-state index contributed by atoms with van der Waals surface area (Å²) >= 11 is 1.36. The largest absolute Gasteiger partial charge is 0.287 e. The molecule has 4 heteroatoms. The molecule has 0 aromatic rings. The summed E-state index contributed by atoms with van der Waals surface area (Å²) < 4.78 is 0. The smallest absolute Gasteiger partial charge is 0.188 e. The van der Waals surface area contributed by atoms with Crippen LogP contribution in [0.5, 0.6) is 0 Å². The van der Waals surface area contributed by atoms with Crippen LogP contribution in [0.1, 0.15) is 32.1 Å². The van der Waals surface area contributed by atoms with Crippen LogP contribution in [-0.2, 0) is 4.79 Å². The van der Waals surface area contributed by atoms with E-state index in [1.807, 2.05) is 27.8 Å². The van der Waals surface area contributed by atoms with Crippen LogP contribution < -0.4 is 0 Å². The second kappa shape index (κ2) is 7.07. The molecule has 76 valence electrons. The molecule has 0 aliphatic carbocycles. The van der Waals surface area contributed by atoms with Crippen molar-refractivity contribution in [2.45, 2.75) is 37.4 Å². The van der Waals surface area contributed by atoms with Crippen LogP contribution in [0.25, 0.3) is 0 Å². The number of rotatable bonds is 5. The van der Waals surface area contributed by atoms with Gasteiger partial charge in [-0.15, -0.1) is 0 Å². The number of hydrogen-bond acceptors (Lipinski definition) is 4. The van der Waals surface area contributed by atoms with E-state index in [9.17, 15) is 4.79 Å². The van der Waals surface area contributed by atoms with E-state index in [0.717, 1.165) is 18.1 Å². The number of hydrogen-bond donors (Lipinski definition) is 0. The molecule has 1 rings (SSSR count). The molecule has 1 saturated heterocycles. The highest BCUT2D eigenvalue weighted by Crippen LogP contribution is 2.39. The summed E-state index contributed by atoms with van der Waals surface area (Å²) in [5.41, 5.74) is 0. The van der Waals surface area contributed by atoms with Gasteiger partial charge in [0.15, 0.2) is 5.12 Å². The molecule has 0 amide bonds. The molecule has 0 spiro atoms. The lowest BCUT2D eigenvalue weighted by molar-refractivity contribution is -0.111. The number of unbranched alkanes of at least 4 members (excludes halogenated alkanes) is 1. The quantitative estimate of drug-likeness (QED) is 0.536. The lowest BCUT2D eigenvalue weighted by Gasteiger charge is -2.05. The van der Waals surface area contributed by atoms with Gasteiger partial charge >= 0.3 is 0 Å². The van der Waals surface area contributed by atoms with Crippen LogP contribution in [-0.4, -0.2) is 22.4 Å². The van der Waals surface area contributed by atoms with E-state index >= 15 is 0 Å². The highest BCUT2D eigenvalue weighted by molar-refractivity contribution is 8.77. The fraction of sp³-hybridized carbons (Fsp3) is 0.889. The average Bonchev–Trinajstić information content (AvgIpc) is 2.64. The zero-order valence-electron chi connectivity index (χ0n) is 7.95. The molecular formula is C9H16OS3. The van der Waals surface area contributed by atoms with Crippen LogP contribution in [0.4, 0.5) is 0 Å². The third-order valence-electron chi connectivity index (χ3n) is 2.11. The Labute approximate surface area is 92.6 Å². The summed E-state index contributed by atoms with van der Waals surface area (Å²) in [6.45, 7) is 0. The van der Waals surface area contributed by atoms with Gasteiger partial charge in [0.1, 0.15) is 0 Å². The average molecular weight is 236 g/mol. The van der Waals surface area contributed by atoms with Crippen LogP contribution in [0.2, 0.25) is 0 Å². The van der Waals surface area contributed by atoms with E-state index in [1.165, 1.54) is 36.8 Å². The Morgan fingerprint density at radius 3 is 3.00 bits per heavy atom. The van der Waals surface area contributed by atoms with Gasteiger partial charge in [-0.2, -0.15) is 0 Å². The molecule has 1 unspecified atom stereocenters. The van der Waals surface area contributed by atoms with Crippen molar-refractivity contribution >= 4 is 38.5 Å². The topological polar surface area (TPSA) is 17.1 Å². The SMILES string of the molecule is CSC(=O)CCCCC1CCSS1. The number of carbonyl (C=O) groups is 1. The van der Waals surface area contributed by atoms with E-state index in [-0.39, 0.29) is 0 Å². The van der Waals surface area contributed by atoms with Crippen molar-refractivity contribution in [2.24, 2.45) is 0 Å². The number of thioether (sulfide) groups is 1. The summed E-state index contributed by atoms with van der Waals surface area (Å²) in [4.78, 5) is 11.0. The molecule has 1 aliphatic heterocycles. The zero-order chi connectivity index (χ0) is 9.52. The predicted octanol–water partition coefficient (Wildman–Crippen LogP) is 3.59. The van der Waals surface area contributed by atoms with Crippen molar-refractivity contribution in [3.8, 4) is 0 Å². The molecule has 0 bridgehead atoms. The second-order valence-electron chi connectivity index (χ2n) is 3.15. The maximum Gasteiger partial charge on any atom is 0.188 e. The summed E-state index contributed by atoms with van der Waals surface area (Å²) in [7, 11) is 4.03. The molecule has 0 saturated carbocycles. The zero-order valence-corrected chi connectivity index (χ0v) is 10.4. The Morgan fingerprint density at radius 1 is 1.54 bits per heavy atom. The van der Waals surface area contributed by atoms with Crippen molar-refractivity contribution in [1.29, 1.82) is 0 Å². The Kier molecular flexibility index (Phi) is 6.41. The third kappa shape index (κ3) is 5.23. The first-order chi connectivity index (χ1) is 6.33. The van der Waals surface area contributed by atoms with Crippen LogP contribution in [0.3, 0.4) is 0 Å². The van der Waals surface area contributed by atoms with E-state index in [2.05, 4.69) is 0 Å². The van der Waals surface area contributed by atoms with Crippen molar-refractivity contribution in [2.75, 3.05) is 12.0 Å². The summed E-state index contributed by atoms with van der Waals surface area (Å²) in [5, 5.41) is 1.21. The Morgan fingerprint density at radius 2 is 2.38 bits per heavy atom. The second-order valence-corrected chi connectivity index (χ2v) is 6.80. The molecule has 0 N–H and O–H groups in total. The Balaban J connectivity index is 1.91. The molecule has 1 atom stereocenters. The molecule has 1 heterocycles. The highest BCUT2D eigenvalue weighted by atomic mass is 33.1. The van der Waals surface area contributed by atoms with Crippen LogP contribution in [0, 0.1) is 0 Å². The van der Waals surface area contributed by atoms with Crippen molar-refractivity contribution < 1.29 is 4.79 Å².